The normalized spacial score (nSPS) is 12.0. The van der Waals surface area contributed by atoms with Crippen molar-refractivity contribution in [2.24, 2.45) is 0 Å². The summed E-state index contributed by atoms with van der Waals surface area (Å²) in [6.45, 7) is 6.65. The lowest BCUT2D eigenvalue weighted by Crippen LogP contribution is -2.30. The van der Waals surface area contributed by atoms with E-state index in [9.17, 15) is 14.4 Å². The molecule has 0 aromatic heterocycles. The van der Waals surface area contributed by atoms with Gasteiger partial charge >= 0.3 is 17.9 Å². The van der Waals surface area contributed by atoms with Crippen molar-refractivity contribution >= 4 is 17.9 Å². The highest BCUT2D eigenvalue weighted by molar-refractivity contribution is 5.71. The summed E-state index contributed by atoms with van der Waals surface area (Å²) in [5, 5.41) is 0. The third-order valence-electron chi connectivity index (χ3n) is 11.8. The highest BCUT2D eigenvalue weighted by atomic mass is 16.6. The Balaban J connectivity index is 4.31. The fourth-order valence-corrected chi connectivity index (χ4v) is 7.79. The van der Waals surface area contributed by atoms with Gasteiger partial charge in [-0.3, -0.25) is 14.4 Å². The second-order valence-corrected chi connectivity index (χ2v) is 17.8. The van der Waals surface area contributed by atoms with Gasteiger partial charge < -0.3 is 14.2 Å². The van der Waals surface area contributed by atoms with Crippen LogP contribution in [-0.2, 0) is 28.6 Å². The van der Waals surface area contributed by atoms with Crippen LogP contribution in [0, 0.1) is 0 Å². The lowest BCUT2D eigenvalue weighted by molar-refractivity contribution is -0.167. The molecule has 6 heteroatoms. The maximum Gasteiger partial charge on any atom is 0.306 e. The van der Waals surface area contributed by atoms with Crippen LogP contribution < -0.4 is 0 Å². The Kier molecular flexibility index (Phi) is 47.3. The first kappa shape index (κ1) is 57.1. The topological polar surface area (TPSA) is 78.9 Å². The number of hydrogen-bond donors (Lipinski definition) is 0. The Morgan fingerprint density at radius 1 is 0.322 bits per heavy atom. The van der Waals surface area contributed by atoms with E-state index in [1.165, 1.54) is 186 Å². The highest BCUT2D eigenvalue weighted by Crippen LogP contribution is 2.16. The highest BCUT2D eigenvalue weighted by Gasteiger charge is 2.19. The predicted molar refractivity (Wildman–Crippen MR) is 252 cm³/mol. The molecule has 0 N–H and O–H groups in total. The standard InChI is InChI=1S/C53H100O6/c1-4-7-10-13-16-19-22-24-26-28-29-31-34-37-40-43-46-52(55)58-49-50(48-57-51(54)45-42-39-36-33-21-18-15-12-9-6-3)59-53(56)47-44-41-38-35-32-30-27-25-23-20-17-14-11-8-5-2/h26,28,50H,4-25,27,29-49H2,1-3H3/b28-26-/t50-/m1/s1. The lowest BCUT2D eigenvalue weighted by atomic mass is 10.0. The second-order valence-electron chi connectivity index (χ2n) is 17.8. The smallest absolute Gasteiger partial charge is 0.306 e. The summed E-state index contributed by atoms with van der Waals surface area (Å²) in [6, 6.07) is 0. The van der Waals surface area contributed by atoms with E-state index < -0.39 is 6.10 Å². The van der Waals surface area contributed by atoms with Crippen molar-refractivity contribution in [2.45, 2.75) is 297 Å². The molecule has 0 amide bonds. The number of ether oxygens (including phenoxy) is 3. The molecule has 0 heterocycles. The van der Waals surface area contributed by atoms with Crippen LogP contribution in [0.25, 0.3) is 0 Å². The van der Waals surface area contributed by atoms with E-state index in [2.05, 4.69) is 32.9 Å². The van der Waals surface area contributed by atoms with E-state index in [1.807, 2.05) is 0 Å². The average molecular weight is 833 g/mol. The molecule has 0 radical (unpaired) electrons. The summed E-state index contributed by atoms with van der Waals surface area (Å²) in [6.07, 6.45) is 53.4. The zero-order chi connectivity index (χ0) is 43.0. The SMILES string of the molecule is CCCCCCCCC/C=C\CCCCCCCC(=O)OC[C@@H](COC(=O)CCCCCCCCCCCC)OC(=O)CCCCCCCCCCCCCCCCC. The van der Waals surface area contributed by atoms with E-state index in [0.29, 0.717) is 19.3 Å². The quantitative estimate of drug-likeness (QED) is 0.0263. The van der Waals surface area contributed by atoms with Gasteiger partial charge in [0.15, 0.2) is 6.10 Å². The van der Waals surface area contributed by atoms with Crippen LogP contribution in [0.2, 0.25) is 0 Å². The fourth-order valence-electron chi connectivity index (χ4n) is 7.79. The number of hydrogen-bond acceptors (Lipinski definition) is 6. The molecule has 0 saturated heterocycles. The van der Waals surface area contributed by atoms with Crippen molar-refractivity contribution in [3.8, 4) is 0 Å². The molecule has 0 bridgehead atoms. The summed E-state index contributed by atoms with van der Waals surface area (Å²) < 4.78 is 16.8. The van der Waals surface area contributed by atoms with E-state index in [0.717, 1.165) is 64.2 Å². The summed E-state index contributed by atoms with van der Waals surface area (Å²) in [4.78, 5) is 37.9. The number of carbonyl (C=O) groups excluding carboxylic acids is 3. The number of allylic oxidation sites excluding steroid dienone is 2. The Hall–Kier alpha value is -1.85. The van der Waals surface area contributed by atoms with Gasteiger partial charge in [0.25, 0.3) is 0 Å². The number of carbonyl (C=O) groups is 3. The summed E-state index contributed by atoms with van der Waals surface area (Å²) in [5.74, 6) is -0.861. The zero-order valence-electron chi connectivity index (χ0n) is 39.8. The molecule has 59 heavy (non-hydrogen) atoms. The molecule has 0 aromatic carbocycles. The van der Waals surface area contributed by atoms with Crippen LogP contribution in [0.4, 0.5) is 0 Å². The Bertz CT molecular complexity index is 916. The third-order valence-corrected chi connectivity index (χ3v) is 11.8. The van der Waals surface area contributed by atoms with Crippen molar-refractivity contribution < 1.29 is 28.6 Å². The molecular weight excluding hydrogens is 733 g/mol. The van der Waals surface area contributed by atoms with E-state index in [1.54, 1.807) is 0 Å². The Morgan fingerprint density at radius 3 is 0.847 bits per heavy atom. The molecule has 0 unspecified atom stereocenters. The van der Waals surface area contributed by atoms with Crippen LogP contribution in [-0.4, -0.2) is 37.2 Å². The van der Waals surface area contributed by atoms with Gasteiger partial charge in [0, 0.05) is 19.3 Å². The van der Waals surface area contributed by atoms with Crippen molar-refractivity contribution in [1.29, 1.82) is 0 Å². The van der Waals surface area contributed by atoms with Crippen molar-refractivity contribution in [1.82, 2.24) is 0 Å². The molecular formula is C53H100O6. The molecule has 0 aromatic rings. The molecule has 1 atom stereocenters. The van der Waals surface area contributed by atoms with Gasteiger partial charge in [0.2, 0.25) is 0 Å². The monoisotopic (exact) mass is 833 g/mol. The first-order valence-electron chi connectivity index (χ1n) is 26.2. The number of esters is 3. The third kappa shape index (κ3) is 47.1. The average Bonchev–Trinajstić information content (AvgIpc) is 3.23. The van der Waals surface area contributed by atoms with Crippen molar-refractivity contribution in [2.75, 3.05) is 13.2 Å². The van der Waals surface area contributed by atoms with E-state index in [4.69, 9.17) is 14.2 Å². The van der Waals surface area contributed by atoms with Crippen LogP contribution in [0.3, 0.4) is 0 Å². The van der Waals surface area contributed by atoms with Gasteiger partial charge in [-0.05, 0) is 44.9 Å². The van der Waals surface area contributed by atoms with Crippen molar-refractivity contribution in [3.05, 3.63) is 12.2 Å². The minimum absolute atomic E-state index is 0.0675. The molecule has 0 saturated carbocycles. The lowest BCUT2D eigenvalue weighted by Gasteiger charge is -2.18. The first-order valence-corrected chi connectivity index (χ1v) is 26.2. The van der Waals surface area contributed by atoms with Gasteiger partial charge in [-0.25, -0.2) is 0 Å². The molecule has 348 valence electrons. The van der Waals surface area contributed by atoms with Crippen LogP contribution in [0.5, 0.6) is 0 Å². The minimum Gasteiger partial charge on any atom is -0.462 e. The second kappa shape index (κ2) is 48.8. The predicted octanol–water partition coefficient (Wildman–Crippen LogP) is 17.0. The molecule has 6 nitrogen and oxygen atoms in total. The number of rotatable bonds is 48. The Morgan fingerprint density at radius 2 is 0.559 bits per heavy atom. The minimum atomic E-state index is -0.765. The molecule has 0 aliphatic carbocycles. The molecule has 0 fully saturated rings. The van der Waals surface area contributed by atoms with Gasteiger partial charge in [-0.2, -0.15) is 0 Å². The van der Waals surface area contributed by atoms with Crippen LogP contribution in [0.15, 0.2) is 12.2 Å². The fraction of sp³-hybridized carbons (Fsp3) is 0.906. The molecule has 0 rings (SSSR count). The zero-order valence-corrected chi connectivity index (χ0v) is 39.8. The van der Waals surface area contributed by atoms with Crippen LogP contribution in [0.1, 0.15) is 290 Å². The van der Waals surface area contributed by atoms with Gasteiger partial charge in [0.1, 0.15) is 13.2 Å². The van der Waals surface area contributed by atoms with Gasteiger partial charge in [0.05, 0.1) is 0 Å². The van der Waals surface area contributed by atoms with E-state index in [-0.39, 0.29) is 31.1 Å². The summed E-state index contributed by atoms with van der Waals surface area (Å²) in [5.41, 5.74) is 0. The summed E-state index contributed by atoms with van der Waals surface area (Å²) >= 11 is 0. The molecule has 0 aliphatic heterocycles. The molecule has 0 aliphatic rings. The van der Waals surface area contributed by atoms with Crippen LogP contribution >= 0.6 is 0 Å². The number of unbranched alkanes of at least 4 members (excludes halogenated alkanes) is 35. The first-order chi connectivity index (χ1) is 29.0. The maximum absolute atomic E-state index is 12.8. The molecule has 0 spiro atoms. The van der Waals surface area contributed by atoms with E-state index >= 15 is 0 Å². The largest absolute Gasteiger partial charge is 0.462 e. The summed E-state index contributed by atoms with van der Waals surface area (Å²) in [7, 11) is 0. The van der Waals surface area contributed by atoms with Crippen molar-refractivity contribution in [3.63, 3.8) is 0 Å². The van der Waals surface area contributed by atoms with Gasteiger partial charge in [-0.1, -0.05) is 238 Å². The Labute approximate surface area is 367 Å². The maximum atomic E-state index is 12.8. The van der Waals surface area contributed by atoms with Gasteiger partial charge in [-0.15, -0.1) is 0 Å².